The van der Waals surface area contributed by atoms with Crippen molar-refractivity contribution in [2.45, 2.75) is 12.6 Å². The summed E-state index contributed by atoms with van der Waals surface area (Å²) in [6.07, 6.45) is 1.15. The summed E-state index contributed by atoms with van der Waals surface area (Å²) in [5.41, 5.74) is 33.9. The van der Waals surface area contributed by atoms with Gasteiger partial charge in [-0.2, -0.15) is 0 Å². The van der Waals surface area contributed by atoms with Crippen molar-refractivity contribution in [3.8, 4) is 45.0 Å². The number of anilines is 12. The van der Waals surface area contributed by atoms with Crippen LogP contribution in [0.1, 0.15) is 44.4 Å². The third-order valence-corrected chi connectivity index (χ3v) is 27.5. The van der Waals surface area contributed by atoms with Gasteiger partial charge < -0.3 is 56.8 Å². The zero-order chi connectivity index (χ0) is 94.5. The molecule has 0 saturated carbocycles. The van der Waals surface area contributed by atoms with Gasteiger partial charge in [0.15, 0.2) is 12.6 Å². The van der Waals surface area contributed by atoms with Crippen LogP contribution in [0, 0.1) is 0 Å². The maximum atomic E-state index is 11.5. The fraction of sp³-hybridized carbons (Fsp3) is 0.0469. The maximum Gasteiger partial charge on any atom is 0.184 e. The van der Waals surface area contributed by atoms with Gasteiger partial charge in [-0.25, -0.2) is 0 Å². The van der Waals surface area contributed by atoms with Crippen molar-refractivity contribution in [1.82, 2.24) is 18.3 Å². The van der Waals surface area contributed by atoms with Gasteiger partial charge in [0.25, 0.3) is 0 Å². The van der Waals surface area contributed by atoms with E-state index >= 15 is 0 Å². The molecule has 14 heteroatoms. The van der Waals surface area contributed by atoms with E-state index in [2.05, 4.69) is 475 Å². The van der Waals surface area contributed by atoms with Crippen molar-refractivity contribution in [1.29, 1.82) is 0 Å². The van der Waals surface area contributed by atoms with Crippen LogP contribution in [0.2, 0.25) is 0 Å². The minimum atomic E-state index is -0.307. The lowest BCUT2D eigenvalue weighted by Gasteiger charge is -2.26. The van der Waals surface area contributed by atoms with Crippen LogP contribution >= 0.6 is 0 Å². The van der Waals surface area contributed by atoms with Gasteiger partial charge in [-0.3, -0.25) is 9.59 Å². The predicted molar refractivity (Wildman–Crippen MR) is 580 cm³/mol. The highest BCUT2D eigenvalue weighted by Crippen LogP contribution is 2.48. The van der Waals surface area contributed by atoms with Crippen LogP contribution < -0.4 is 19.6 Å². The summed E-state index contributed by atoms with van der Waals surface area (Å²) in [6.45, 7) is 2.48. The van der Waals surface area contributed by atoms with Crippen LogP contribution in [0.3, 0.4) is 0 Å². The van der Waals surface area contributed by atoms with E-state index in [9.17, 15) is 9.59 Å². The van der Waals surface area contributed by atoms with Gasteiger partial charge in [0, 0.05) is 156 Å². The number of nitrogens with zero attached hydrogens (tertiary/aromatic N) is 8. The Balaban J connectivity index is 0.000000150. The number of carbonyl (C=O) groups excluding carboxylic acids is 2. The second-order valence-corrected chi connectivity index (χ2v) is 35.8. The molecule has 0 aliphatic carbocycles. The van der Waals surface area contributed by atoms with Crippen LogP contribution in [0.4, 0.5) is 68.2 Å². The minimum absolute atomic E-state index is 0.307. The van der Waals surface area contributed by atoms with Crippen molar-refractivity contribution in [3.05, 3.63) is 508 Å². The number of ether oxygens (including phenoxy) is 4. The van der Waals surface area contributed by atoms with Crippen LogP contribution in [0.5, 0.6) is 0 Å². The molecule has 2 saturated heterocycles. The number of fused-ring (bicyclic) bond motifs is 12. The Morgan fingerprint density at radius 2 is 0.373 bits per heavy atom. The summed E-state index contributed by atoms with van der Waals surface area (Å²) in [6, 6.07) is 172. The van der Waals surface area contributed by atoms with Crippen LogP contribution in [0.15, 0.2) is 485 Å². The number of para-hydroxylation sites is 8. The standard InChI is InChI=1S/C66H50N4O4.C62H42N4O2/c1-3-11-49(12-4-1)67(55-35-37-63-59(43-55)57-15-7-9-17-61(57)69(63)53-31-23-47(24-32-53)65-71-39-40-72-65)51-27-19-45(20-28-51)46-21-29-52(30-22-46)68(50-13-5-2-6-14-50)56-36-38-64-60(44-56)58-16-8-10-18-62(58)70(64)54-33-25-48(26-34-54)66-73-41-42-74-66;67-41-43-19-27-51(28-20-43)65-59-17-9-7-15-55(59)57-39-53(35-37-61(57)65)63(47-11-3-1-4-12-47)49-31-23-45(24-32-49)46-25-33-50(34-26-46)64(48-13-5-2-6-14-48)54-36-38-62-58(40-54)56-16-8-10-18-60(56)66(62)52-29-21-44(42-68)22-30-52/h1-38,43-44,65-66H,39-42H2;1-42H. The Bertz CT molecular complexity index is 8270. The first-order valence-corrected chi connectivity index (χ1v) is 48.1. The van der Waals surface area contributed by atoms with Crippen molar-refractivity contribution < 1.29 is 28.5 Å². The summed E-state index contributed by atoms with van der Waals surface area (Å²) in [5.74, 6) is 0. The fourth-order valence-electron chi connectivity index (χ4n) is 20.9. The summed E-state index contributed by atoms with van der Waals surface area (Å²) in [5, 5.41) is 9.39. The quantitative estimate of drug-likeness (QED) is 0.0610. The minimum Gasteiger partial charge on any atom is -0.346 e. The Kier molecular flexibility index (Phi) is 22.4. The highest BCUT2D eigenvalue weighted by atomic mass is 16.7. The van der Waals surface area contributed by atoms with E-state index in [4.69, 9.17) is 18.9 Å². The normalized spacial score (nSPS) is 12.8. The van der Waals surface area contributed by atoms with Gasteiger partial charge in [-0.1, -0.05) is 218 Å². The predicted octanol–water partition coefficient (Wildman–Crippen LogP) is 32.7. The first-order chi connectivity index (χ1) is 70.3. The fourth-order valence-corrected chi connectivity index (χ4v) is 20.9. The van der Waals surface area contributed by atoms with Gasteiger partial charge in [0.1, 0.15) is 12.6 Å². The Morgan fingerprint density at radius 3 is 0.599 bits per heavy atom. The molecule has 24 aromatic rings. The van der Waals surface area contributed by atoms with E-state index in [0.29, 0.717) is 37.6 Å². The molecule has 0 bridgehead atoms. The molecule has 2 fully saturated rings. The first kappa shape index (κ1) is 85.6. The smallest absolute Gasteiger partial charge is 0.184 e. The molecular formula is C128H92N8O6. The second kappa shape index (κ2) is 37.1. The van der Waals surface area contributed by atoms with Gasteiger partial charge in [0.05, 0.1) is 70.6 Å². The molecule has 0 radical (unpaired) electrons. The topological polar surface area (TPSA) is 104 Å². The molecule has 20 aromatic carbocycles. The van der Waals surface area contributed by atoms with Gasteiger partial charge >= 0.3 is 0 Å². The molecule has 0 N–H and O–H groups in total. The number of hydrogen-bond acceptors (Lipinski definition) is 10. The highest BCUT2D eigenvalue weighted by molar-refractivity contribution is 6.15. The lowest BCUT2D eigenvalue weighted by molar-refractivity contribution is -0.0443. The van der Waals surface area contributed by atoms with Crippen molar-refractivity contribution in [2.75, 3.05) is 46.0 Å². The van der Waals surface area contributed by atoms with E-state index in [1.165, 1.54) is 21.5 Å². The highest BCUT2D eigenvalue weighted by Gasteiger charge is 2.27. The van der Waals surface area contributed by atoms with Crippen molar-refractivity contribution >= 4 is 168 Å². The van der Waals surface area contributed by atoms with E-state index in [0.717, 1.165) is 203 Å². The number of benzene rings is 20. The third kappa shape index (κ3) is 15.8. The van der Waals surface area contributed by atoms with Crippen molar-refractivity contribution in [2.24, 2.45) is 0 Å². The second-order valence-electron chi connectivity index (χ2n) is 35.8. The summed E-state index contributed by atoms with van der Waals surface area (Å²) in [7, 11) is 0. The molecule has 2 aliphatic rings. The molecule has 6 heterocycles. The molecule has 0 atom stereocenters. The molecule has 26 rings (SSSR count). The largest absolute Gasteiger partial charge is 0.346 e. The average Bonchev–Trinajstić information content (AvgIpc) is 1.58. The first-order valence-electron chi connectivity index (χ1n) is 48.1. The maximum absolute atomic E-state index is 11.5. The van der Waals surface area contributed by atoms with Crippen molar-refractivity contribution in [3.63, 3.8) is 0 Å². The monoisotopic (exact) mass is 1840 g/mol. The molecule has 14 nitrogen and oxygen atoms in total. The number of carbonyl (C=O) groups is 2. The number of rotatable bonds is 22. The molecule has 0 spiro atoms. The zero-order valence-electron chi connectivity index (χ0n) is 77.4. The molecular weight excluding hydrogens is 1750 g/mol. The molecule has 0 amide bonds. The van der Waals surface area contributed by atoms with Gasteiger partial charge in [-0.05, 0) is 289 Å². The lowest BCUT2D eigenvalue weighted by atomic mass is 10.0. The van der Waals surface area contributed by atoms with Gasteiger partial charge in [-0.15, -0.1) is 0 Å². The lowest BCUT2D eigenvalue weighted by Crippen LogP contribution is -2.10. The molecule has 2 aliphatic heterocycles. The number of aromatic nitrogens is 4. The average molecular weight is 1840 g/mol. The molecule has 0 unspecified atom stereocenters. The third-order valence-electron chi connectivity index (χ3n) is 27.5. The Morgan fingerprint density at radius 1 is 0.183 bits per heavy atom. The SMILES string of the molecule is O=Cc1ccc(-n2c3ccccc3c3cc(N(c4ccccc4)c4ccc(-c5ccc(N(c6ccccc6)c6ccc7c(c6)c6ccccc6n7-c6ccc(C=O)cc6)cc5)cc4)ccc32)cc1.c1ccc(N(c2ccc(-c3ccc(N(c4ccccc4)c4ccc5c(c4)c4ccccc4n5-c4ccc(C5OCCO5)cc4)cc3)cc2)c2ccc3c(c2)c2ccccc2n3-c2ccc(C3OCCO3)cc2)cc1. The summed E-state index contributed by atoms with van der Waals surface area (Å²) >= 11 is 0. The number of hydrogen-bond donors (Lipinski definition) is 0. The number of aldehydes is 2. The Labute approximate surface area is 820 Å². The van der Waals surface area contributed by atoms with Gasteiger partial charge in [0.2, 0.25) is 0 Å². The Hall–Kier alpha value is -18.0. The zero-order valence-corrected chi connectivity index (χ0v) is 77.4. The molecule has 4 aromatic heterocycles. The van der Waals surface area contributed by atoms with E-state index in [-0.39, 0.29) is 12.6 Å². The summed E-state index contributed by atoms with van der Waals surface area (Å²) in [4.78, 5) is 32.2. The van der Waals surface area contributed by atoms with E-state index < -0.39 is 0 Å². The van der Waals surface area contributed by atoms with Crippen LogP contribution in [-0.4, -0.2) is 57.3 Å². The molecule has 680 valence electrons. The van der Waals surface area contributed by atoms with Crippen LogP contribution in [-0.2, 0) is 18.9 Å². The molecule has 142 heavy (non-hydrogen) atoms. The van der Waals surface area contributed by atoms with E-state index in [1.807, 2.05) is 48.5 Å². The summed E-state index contributed by atoms with van der Waals surface area (Å²) < 4.78 is 32.4. The van der Waals surface area contributed by atoms with E-state index in [1.54, 1.807) is 0 Å². The van der Waals surface area contributed by atoms with Crippen LogP contribution in [0.25, 0.3) is 132 Å².